The van der Waals surface area contributed by atoms with Crippen molar-refractivity contribution in [3.8, 4) is 23.3 Å². The summed E-state index contributed by atoms with van der Waals surface area (Å²) in [4.78, 5) is 23.5. The number of halogens is 1. The second-order valence-corrected chi connectivity index (χ2v) is 9.60. The Kier molecular flexibility index (Phi) is 9.70. The SMILES string of the molecule is COc1ccc(/C=C(\C#N)C(=O)Nc2ccc(OCc3ccc(Br)cc3)cc2)c(OCc2cccc([N+](=O)[O-])c2)c1. The van der Waals surface area contributed by atoms with E-state index in [9.17, 15) is 20.2 Å². The predicted octanol–water partition coefficient (Wildman–Crippen LogP) is 7.07. The fourth-order valence-corrected chi connectivity index (χ4v) is 3.96. The Bertz CT molecular complexity index is 1610. The molecule has 0 saturated heterocycles. The highest BCUT2D eigenvalue weighted by molar-refractivity contribution is 9.10. The monoisotopic (exact) mass is 613 g/mol. The molecule has 0 saturated carbocycles. The number of anilines is 1. The molecule has 0 bridgehead atoms. The number of nitro groups is 1. The van der Waals surface area contributed by atoms with Crippen molar-refractivity contribution in [1.29, 1.82) is 5.26 Å². The number of carbonyl (C=O) groups excluding carboxylic acids is 1. The lowest BCUT2D eigenvalue weighted by Gasteiger charge is -2.12. The molecule has 4 rings (SSSR count). The third-order valence-corrected chi connectivity index (χ3v) is 6.36. The van der Waals surface area contributed by atoms with Crippen molar-refractivity contribution in [3.63, 3.8) is 0 Å². The van der Waals surface area contributed by atoms with Gasteiger partial charge in [0.2, 0.25) is 0 Å². The van der Waals surface area contributed by atoms with Gasteiger partial charge in [-0.3, -0.25) is 14.9 Å². The van der Waals surface area contributed by atoms with E-state index >= 15 is 0 Å². The van der Waals surface area contributed by atoms with E-state index in [4.69, 9.17) is 14.2 Å². The number of amides is 1. The van der Waals surface area contributed by atoms with Gasteiger partial charge in [0.15, 0.2) is 0 Å². The summed E-state index contributed by atoms with van der Waals surface area (Å²) in [7, 11) is 1.50. The highest BCUT2D eigenvalue weighted by Gasteiger charge is 2.13. The quantitative estimate of drug-likeness (QED) is 0.0830. The largest absolute Gasteiger partial charge is 0.497 e. The van der Waals surface area contributed by atoms with Crippen LogP contribution in [-0.2, 0) is 18.0 Å². The molecular formula is C31H24BrN3O6. The highest BCUT2D eigenvalue weighted by Crippen LogP contribution is 2.28. The Morgan fingerprint density at radius 2 is 1.66 bits per heavy atom. The summed E-state index contributed by atoms with van der Waals surface area (Å²) in [6.07, 6.45) is 1.41. The van der Waals surface area contributed by atoms with Crippen LogP contribution in [0, 0.1) is 21.4 Å². The number of nitrogens with one attached hydrogen (secondary N) is 1. The van der Waals surface area contributed by atoms with E-state index in [2.05, 4.69) is 21.2 Å². The summed E-state index contributed by atoms with van der Waals surface area (Å²) < 4.78 is 18.0. The Morgan fingerprint density at radius 3 is 2.34 bits per heavy atom. The first-order chi connectivity index (χ1) is 19.8. The van der Waals surface area contributed by atoms with E-state index in [1.807, 2.05) is 30.3 Å². The Morgan fingerprint density at radius 1 is 0.951 bits per heavy atom. The van der Waals surface area contributed by atoms with Gasteiger partial charge in [0, 0.05) is 33.9 Å². The maximum absolute atomic E-state index is 12.9. The molecule has 0 spiro atoms. The van der Waals surface area contributed by atoms with Gasteiger partial charge < -0.3 is 19.5 Å². The summed E-state index contributed by atoms with van der Waals surface area (Å²) in [5.74, 6) is 0.868. The molecule has 0 radical (unpaired) electrons. The minimum absolute atomic E-state index is 0.0278. The van der Waals surface area contributed by atoms with Crippen LogP contribution in [0.2, 0.25) is 0 Å². The fourth-order valence-electron chi connectivity index (χ4n) is 3.69. The van der Waals surface area contributed by atoms with Gasteiger partial charge >= 0.3 is 0 Å². The summed E-state index contributed by atoms with van der Waals surface area (Å²) >= 11 is 3.40. The van der Waals surface area contributed by atoms with Gasteiger partial charge in [0.25, 0.3) is 11.6 Å². The van der Waals surface area contributed by atoms with Crippen LogP contribution < -0.4 is 19.5 Å². The first kappa shape index (κ1) is 28.9. The number of nitriles is 1. The summed E-state index contributed by atoms with van der Waals surface area (Å²) in [6.45, 7) is 0.424. The smallest absolute Gasteiger partial charge is 0.269 e. The fraction of sp³-hybridized carbons (Fsp3) is 0.0968. The average molecular weight is 614 g/mol. The van der Waals surface area contributed by atoms with Crippen molar-refractivity contribution >= 4 is 39.3 Å². The van der Waals surface area contributed by atoms with E-state index < -0.39 is 10.8 Å². The maximum atomic E-state index is 12.9. The molecule has 0 atom stereocenters. The highest BCUT2D eigenvalue weighted by atomic mass is 79.9. The number of rotatable bonds is 11. The second-order valence-electron chi connectivity index (χ2n) is 8.68. The van der Waals surface area contributed by atoms with Crippen molar-refractivity contribution in [2.75, 3.05) is 12.4 Å². The van der Waals surface area contributed by atoms with Crippen LogP contribution in [0.15, 0.2) is 101 Å². The second kappa shape index (κ2) is 13.8. The van der Waals surface area contributed by atoms with E-state index in [0.717, 1.165) is 10.0 Å². The number of nitrogens with zero attached hydrogens (tertiary/aromatic N) is 2. The van der Waals surface area contributed by atoms with E-state index in [1.165, 1.54) is 25.3 Å². The topological polar surface area (TPSA) is 124 Å². The molecule has 1 N–H and O–H groups in total. The minimum Gasteiger partial charge on any atom is -0.497 e. The van der Waals surface area contributed by atoms with Crippen LogP contribution in [0.4, 0.5) is 11.4 Å². The molecular weight excluding hydrogens is 590 g/mol. The van der Waals surface area contributed by atoms with Gasteiger partial charge in [-0.25, -0.2) is 0 Å². The first-order valence-corrected chi connectivity index (χ1v) is 13.1. The lowest BCUT2D eigenvalue weighted by molar-refractivity contribution is -0.384. The number of ether oxygens (including phenoxy) is 3. The molecule has 41 heavy (non-hydrogen) atoms. The van der Waals surface area contributed by atoms with Crippen molar-refractivity contribution in [2.45, 2.75) is 13.2 Å². The lowest BCUT2D eigenvalue weighted by atomic mass is 10.1. The van der Waals surface area contributed by atoms with Crippen LogP contribution in [-0.4, -0.2) is 17.9 Å². The minimum atomic E-state index is -0.600. The molecule has 206 valence electrons. The van der Waals surface area contributed by atoms with E-state index in [-0.39, 0.29) is 17.9 Å². The van der Waals surface area contributed by atoms with Crippen LogP contribution in [0.3, 0.4) is 0 Å². The average Bonchev–Trinajstić information content (AvgIpc) is 2.99. The van der Waals surface area contributed by atoms with Gasteiger partial charge in [-0.05, 0) is 65.7 Å². The number of nitro benzene ring substituents is 1. The van der Waals surface area contributed by atoms with Crippen molar-refractivity contribution < 1.29 is 23.9 Å². The van der Waals surface area contributed by atoms with Crippen LogP contribution in [0.25, 0.3) is 6.08 Å². The first-order valence-electron chi connectivity index (χ1n) is 12.3. The number of hydrogen-bond donors (Lipinski definition) is 1. The summed E-state index contributed by atoms with van der Waals surface area (Å²) in [5, 5.41) is 23.5. The molecule has 1 amide bonds. The van der Waals surface area contributed by atoms with Gasteiger partial charge in [-0.1, -0.05) is 40.2 Å². The molecule has 10 heteroatoms. The van der Waals surface area contributed by atoms with Crippen molar-refractivity contribution in [3.05, 3.63) is 128 Å². The number of carbonyl (C=O) groups is 1. The molecule has 0 aliphatic rings. The molecule has 0 heterocycles. The van der Waals surface area contributed by atoms with Gasteiger partial charge in [-0.2, -0.15) is 5.26 Å². The predicted molar refractivity (Wildman–Crippen MR) is 158 cm³/mol. The molecule has 9 nitrogen and oxygen atoms in total. The molecule has 0 aliphatic carbocycles. The molecule has 0 fully saturated rings. The zero-order chi connectivity index (χ0) is 29.2. The Hall–Kier alpha value is -5.14. The van der Waals surface area contributed by atoms with Gasteiger partial charge in [0.05, 0.1) is 12.0 Å². The summed E-state index contributed by atoms with van der Waals surface area (Å²) in [6, 6.07) is 27.6. The standard InChI is InChI=1S/C31H24BrN3O6/c1-39-29-12-7-23(30(17-29)41-20-22-3-2-4-27(15-22)35(37)38)16-24(18-33)31(36)34-26-10-13-28(14-11-26)40-19-21-5-8-25(32)9-6-21/h2-17H,19-20H2,1H3,(H,34,36)/b24-16+. The normalized spacial score (nSPS) is 10.8. The zero-order valence-electron chi connectivity index (χ0n) is 21.9. The van der Waals surface area contributed by atoms with Crippen LogP contribution in [0.5, 0.6) is 17.2 Å². The van der Waals surface area contributed by atoms with E-state index in [0.29, 0.717) is 40.7 Å². The molecule has 4 aromatic carbocycles. The third-order valence-electron chi connectivity index (χ3n) is 5.83. The molecule has 0 aliphatic heterocycles. The van der Waals surface area contributed by atoms with Gasteiger partial charge in [0.1, 0.15) is 42.1 Å². The van der Waals surface area contributed by atoms with Crippen LogP contribution >= 0.6 is 15.9 Å². The Labute approximate surface area is 244 Å². The molecule has 4 aromatic rings. The van der Waals surface area contributed by atoms with Crippen molar-refractivity contribution in [2.24, 2.45) is 0 Å². The lowest BCUT2D eigenvalue weighted by Crippen LogP contribution is -2.13. The van der Waals surface area contributed by atoms with Crippen molar-refractivity contribution in [1.82, 2.24) is 0 Å². The zero-order valence-corrected chi connectivity index (χ0v) is 23.5. The molecule has 0 aromatic heterocycles. The third kappa shape index (κ3) is 8.17. The van der Waals surface area contributed by atoms with E-state index in [1.54, 1.807) is 54.6 Å². The van der Waals surface area contributed by atoms with Gasteiger partial charge in [-0.15, -0.1) is 0 Å². The molecule has 0 unspecified atom stereocenters. The number of hydrogen-bond acceptors (Lipinski definition) is 7. The number of non-ortho nitro benzene ring substituents is 1. The Balaban J connectivity index is 1.45. The summed E-state index contributed by atoms with van der Waals surface area (Å²) in [5.41, 5.74) is 2.35. The van der Waals surface area contributed by atoms with Crippen LogP contribution in [0.1, 0.15) is 16.7 Å². The number of methoxy groups -OCH3 is 1. The number of benzene rings is 4. The maximum Gasteiger partial charge on any atom is 0.269 e.